The van der Waals surface area contributed by atoms with Gasteiger partial charge in [-0.3, -0.25) is 0 Å². The first kappa shape index (κ1) is 16.0. The monoisotopic (exact) mass is 378 g/mol. The zero-order chi connectivity index (χ0) is 19.4. The number of benzene rings is 3. The van der Waals surface area contributed by atoms with Gasteiger partial charge in [-0.25, -0.2) is 9.97 Å². The lowest BCUT2D eigenvalue weighted by atomic mass is 9.96. The van der Waals surface area contributed by atoms with Crippen LogP contribution in [0, 0.1) is 0 Å². The second-order valence-corrected chi connectivity index (χ2v) is 7.00. The van der Waals surface area contributed by atoms with Gasteiger partial charge in [0, 0.05) is 17.8 Å². The van der Waals surface area contributed by atoms with Crippen LogP contribution >= 0.6 is 0 Å². The third kappa shape index (κ3) is 2.37. The third-order valence-electron chi connectivity index (χ3n) is 5.33. The Morgan fingerprint density at radius 1 is 0.828 bits per heavy atom. The van der Waals surface area contributed by atoms with Gasteiger partial charge in [0.1, 0.15) is 24.3 Å². The standard InChI is InChI=1S/C24H16N3O2/c1-27-19-14-15(28-24-25-12-5-13-26-24)10-11-16(19)17-7-4-9-21-22(17)23(27)18-6-2-3-8-20(18)29-21/h2-14H,1H3/q+1. The zero-order valence-electron chi connectivity index (χ0n) is 15.7. The molecule has 3 heterocycles. The summed E-state index contributed by atoms with van der Waals surface area (Å²) in [5.74, 6) is 2.45. The Kier molecular flexibility index (Phi) is 3.32. The molecule has 2 aromatic heterocycles. The van der Waals surface area contributed by atoms with Crippen molar-refractivity contribution in [2.45, 2.75) is 0 Å². The third-order valence-corrected chi connectivity index (χ3v) is 5.33. The summed E-state index contributed by atoms with van der Waals surface area (Å²) in [4.78, 5) is 8.31. The molecule has 5 nitrogen and oxygen atoms in total. The Balaban J connectivity index is 1.66. The second-order valence-electron chi connectivity index (χ2n) is 7.00. The molecule has 5 aromatic rings. The van der Waals surface area contributed by atoms with E-state index in [1.54, 1.807) is 18.5 Å². The molecule has 29 heavy (non-hydrogen) atoms. The Bertz CT molecular complexity index is 1410. The van der Waals surface area contributed by atoms with Gasteiger partial charge >= 0.3 is 6.01 Å². The van der Waals surface area contributed by atoms with Gasteiger partial charge in [-0.1, -0.05) is 24.3 Å². The molecule has 0 amide bonds. The smallest absolute Gasteiger partial charge is 0.321 e. The highest BCUT2D eigenvalue weighted by atomic mass is 16.5. The summed E-state index contributed by atoms with van der Waals surface area (Å²) in [6.07, 6.45) is 3.33. The van der Waals surface area contributed by atoms with E-state index >= 15 is 0 Å². The lowest BCUT2D eigenvalue weighted by molar-refractivity contribution is -0.632. The maximum atomic E-state index is 6.20. The SMILES string of the molecule is C[n+]1c2c3c(cccc3c3ccc(Oc4ncccn4)cc31)Oc1ccccc1-2. The van der Waals surface area contributed by atoms with Crippen molar-refractivity contribution in [1.29, 1.82) is 0 Å². The number of aromatic nitrogens is 3. The van der Waals surface area contributed by atoms with Gasteiger partial charge in [-0.2, -0.15) is 4.57 Å². The first-order valence-electron chi connectivity index (χ1n) is 9.40. The minimum absolute atomic E-state index is 0.331. The molecule has 0 fully saturated rings. The molecule has 1 aliphatic heterocycles. The number of nitrogens with zero attached hydrogens (tertiary/aromatic N) is 3. The Morgan fingerprint density at radius 3 is 2.55 bits per heavy atom. The number of hydrogen-bond acceptors (Lipinski definition) is 4. The highest BCUT2D eigenvalue weighted by Crippen LogP contribution is 2.46. The predicted molar refractivity (Wildman–Crippen MR) is 110 cm³/mol. The minimum atomic E-state index is 0.331. The Hall–Kier alpha value is -3.99. The topological polar surface area (TPSA) is 48.1 Å². The molecule has 0 N–H and O–H groups in total. The van der Waals surface area contributed by atoms with Crippen molar-refractivity contribution >= 4 is 21.7 Å². The van der Waals surface area contributed by atoms with Gasteiger partial charge < -0.3 is 9.47 Å². The number of pyridine rings is 1. The van der Waals surface area contributed by atoms with Crippen molar-refractivity contribution in [2.24, 2.45) is 7.05 Å². The molecule has 138 valence electrons. The molecule has 0 radical (unpaired) electrons. The molecule has 0 aliphatic carbocycles. The van der Waals surface area contributed by atoms with E-state index in [2.05, 4.69) is 39.8 Å². The van der Waals surface area contributed by atoms with E-state index in [9.17, 15) is 0 Å². The quantitative estimate of drug-likeness (QED) is 0.308. The van der Waals surface area contributed by atoms with E-state index < -0.39 is 0 Å². The van der Waals surface area contributed by atoms with E-state index in [0.717, 1.165) is 44.4 Å². The highest BCUT2D eigenvalue weighted by Gasteiger charge is 2.29. The van der Waals surface area contributed by atoms with Gasteiger partial charge in [-0.15, -0.1) is 0 Å². The summed E-state index contributed by atoms with van der Waals surface area (Å²) in [6, 6.07) is 22.5. The fourth-order valence-electron chi connectivity index (χ4n) is 4.08. The van der Waals surface area contributed by atoms with Crippen LogP contribution in [0.3, 0.4) is 0 Å². The van der Waals surface area contributed by atoms with Gasteiger partial charge in [0.25, 0.3) is 0 Å². The van der Waals surface area contributed by atoms with Crippen LogP contribution in [0.15, 0.2) is 79.1 Å². The lowest BCUT2D eigenvalue weighted by Gasteiger charge is -2.20. The number of ether oxygens (including phenoxy) is 2. The molecule has 0 saturated carbocycles. The fraction of sp³-hybridized carbons (Fsp3) is 0.0417. The van der Waals surface area contributed by atoms with Gasteiger partial charge in [0.05, 0.1) is 22.4 Å². The number of hydrogen-bond donors (Lipinski definition) is 0. The maximum absolute atomic E-state index is 6.20. The number of aryl methyl sites for hydroxylation is 1. The molecule has 1 aliphatic rings. The van der Waals surface area contributed by atoms with Gasteiger partial charge in [0.15, 0.2) is 0 Å². The van der Waals surface area contributed by atoms with Crippen molar-refractivity contribution in [3.63, 3.8) is 0 Å². The van der Waals surface area contributed by atoms with Crippen molar-refractivity contribution in [1.82, 2.24) is 9.97 Å². The van der Waals surface area contributed by atoms with E-state index in [1.165, 1.54) is 0 Å². The first-order valence-corrected chi connectivity index (χ1v) is 9.40. The lowest BCUT2D eigenvalue weighted by Crippen LogP contribution is -2.33. The van der Waals surface area contributed by atoms with Gasteiger partial charge in [0.2, 0.25) is 11.2 Å². The van der Waals surface area contributed by atoms with Crippen molar-refractivity contribution < 1.29 is 14.0 Å². The van der Waals surface area contributed by atoms with E-state index in [0.29, 0.717) is 11.8 Å². The van der Waals surface area contributed by atoms with Crippen LogP contribution in [0.2, 0.25) is 0 Å². The van der Waals surface area contributed by atoms with E-state index in [4.69, 9.17) is 9.47 Å². The molecular formula is C24H16N3O2+. The zero-order valence-corrected chi connectivity index (χ0v) is 15.7. The van der Waals surface area contributed by atoms with Crippen molar-refractivity contribution in [3.05, 3.63) is 79.1 Å². The Labute approximate surface area is 166 Å². The minimum Gasteiger partial charge on any atom is -0.456 e. The molecule has 0 spiro atoms. The first-order chi connectivity index (χ1) is 14.3. The Morgan fingerprint density at radius 2 is 1.66 bits per heavy atom. The molecular weight excluding hydrogens is 362 g/mol. The summed E-state index contributed by atoms with van der Waals surface area (Å²) in [7, 11) is 2.08. The van der Waals surface area contributed by atoms with E-state index in [-0.39, 0.29) is 0 Å². The number of rotatable bonds is 2. The second kappa shape index (κ2) is 6.01. The maximum Gasteiger partial charge on any atom is 0.321 e. The van der Waals surface area contributed by atoms with Gasteiger partial charge in [-0.05, 0) is 36.4 Å². The van der Waals surface area contributed by atoms with Crippen LogP contribution in [0.4, 0.5) is 0 Å². The molecule has 5 heteroatoms. The summed E-state index contributed by atoms with van der Waals surface area (Å²) in [6.45, 7) is 0. The van der Waals surface area contributed by atoms with Crippen LogP contribution in [0.1, 0.15) is 0 Å². The summed E-state index contributed by atoms with van der Waals surface area (Å²) in [5.41, 5.74) is 3.28. The highest BCUT2D eigenvalue weighted by molar-refractivity contribution is 6.12. The molecule has 6 rings (SSSR count). The molecule has 3 aromatic carbocycles. The largest absolute Gasteiger partial charge is 0.456 e. The molecule has 0 bridgehead atoms. The van der Waals surface area contributed by atoms with Crippen molar-refractivity contribution in [3.8, 4) is 34.5 Å². The predicted octanol–water partition coefficient (Wildman–Crippen LogP) is 5.17. The average molecular weight is 378 g/mol. The number of para-hydroxylation sites is 1. The molecule has 0 saturated heterocycles. The van der Waals surface area contributed by atoms with Crippen molar-refractivity contribution in [2.75, 3.05) is 0 Å². The van der Waals surface area contributed by atoms with Crippen LogP contribution in [0.5, 0.6) is 23.3 Å². The molecule has 0 atom stereocenters. The summed E-state index contributed by atoms with van der Waals surface area (Å²) in [5, 5.41) is 3.42. The van der Waals surface area contributed by atoms with Crippen LogP contribution in [-0.4, -0.2) is 9.97 Å². The van der Waals surface area contributed by atoms with E-state index in [1.807, 2.05) is 42.5 Å². The normalized spacial score (nSPS) is 11.9. The summed E-state index contributed by atoms with van der Waals surface area (Å²) >= 11 is 0. The molecule has 0 unspecified atom stereocenters. The summed E-state index contributed by atoms with van der Waals surface area (Å²) < 4.78 is 14.3. The van der Waals surface area contributed by atoms with Crippen LogP contribution < -0.4 is 14.0 Å². The average Bonchev–Trinajstić information content (AvgIpc) is 2.77. The van der Waals surface area contributed by atoms with Crippen LogP contribution in [0.25, 0.3) is 32.9 Å². The van der Waals surface area contributed by atoms with Crippen LogP contribution in [-0.2, 0) is 7.05 Å². The fourth-order valence-corrected chi connectivity index (χ4v) is 4.08. The number of fused-ring (bicyclic) bond motifs is 4.